The van der Waals surface area contributed by atoms with E-state index in [4.69, 9.17) is 11.6 Å². The van der Waals surface area contributed by atoms with Crippen LogP contribution >= 0.6 is 11.6 Å². The van der Waals surface area contributed by atoms with Gasteiger partial charge in [0.05, 0.1) is 11.4 Å². The summed E-state index contributed by atoms with van der Waals surface area (Å²) in [5, 5.41) is 0.0224. The summed E-state index contributed by atoms with van der Waals surface area (Å²) < 4.78 is 39.9. The minimum atomic E-state index is -3.87. The molecular formula is C14H13ClFN3O2S. The highest BCUT2D eigenvalue weighted by atomic mass is 35.5. The molecule has 22 heavy (non-hydrogen) atoms. The van der Waals surface area contributed by atoms with Gasteiger partial charge in [-0.3, -0.25) is 0 Å². The molecule has 1 aromatic heterocycles. The standard InChI is InChI=1S/C14H13ClFN3O2S/c15-10-4-11(16)6-12(5-10)22(20,21)18-8-14-17-7-9-2-1-3-13(9)19-14/h4-7,18H,1-3,8H2. The van der Waals surface area contributed by atoms with Gasteiger partial charge in [0, 0.05) is 16.9 Å². The predicted molar refractivity (Wildman–Crippen MR) is 79.5 cm³/mol. The minimum Gasteiger partial charge on any atom is -0.240 e. The summed E-state index contributed by atoms with van der Waals surface area (Å²) in [6.45, 7) is -0.0518. The van der Waals surface area contributed by atoms with E-state index in [1.54, 1.807) is 6.20 Å². The van der Waals surface area contributed by atoms with Crippen molar-refractivity contribution in [2.45, 2.75) is 30.7 Å². The van der Waals surface area contributed by atoms with Crippen LogP contribution in [0.2, 0.25) is 5.02 Å². The summed E-state index contributed by atoms with van der Waals surface area (Å²) >= 11 is 5.68. The second-order valence-electron chi connectivity index (χ2n) is 5.04. The molecule has 116 valence electrons. The van der Waals surface area contributed by atoms with Gasteiger partial charge in [0.2, 0.25) is 10.0 Å². The summed E-state index contributed by atoms with van der Waals surface area (Å²) in [5.41, 5.74) is 2.08. The lowest BCUT2D eigenvalue weighted by atomic mass is 10.3. The lowest BCUT2D eigenvalue weighted by Gasteiger charge is -2.07. The molecule has 1 aromatic carbocycles. The first-order chi connectivity index (χ1) is 10.4. The van der Waals surface area contributed by atoms with Crippen LogP contribution in [-0.4, -0.2) is 18.4 Å². The molecule has 8 heteroatoms. The van der Waals surface area contributed by atoms with Crippen molar-refractivity contribution in [2.75, 3.05) is 0 Å². The number of sulfonamides is 1. The van der Waals surface area contributed by atoms with E-state index < -0.39 is 15.8 Å². The van der Waals surface area contributed by atoms with Crippen molar-refractivity contribution >= 4 is 21.6 Å². The fraction of sp³-hybridized carbons (Fsp3) is 0.286. The lowest BCUT2D eigenvalue weighted by Crippen LogP contribution is -2.24. The number of halogens is 2. The van der Waals surface area contributed by atoms with Gasteiger partial charge in [-0.25, -0.2) is 27.5 Å². The molecule has 0 spiro atoms. The average molecular weight is 342 g/mol. The zero-order valence-corrected chi connectivity index (χ0v) is 13.1. The molecule has 0 aliphatic heterocycles. The quantitative estimate of drug-likeness (QED) is 0.925. The Balaban J connectivity index is 1.77. The number of hydrogen-bond donors (Lipinski definition) is 1. The molecule has 0 atom stereocenters. The third-order valence-electron chi connectivity index (χ3n) is 3.43. The van der Waals surface area contributed by atoms with Crippen molar-refractivity contribution in [1.29, 1.82) is 0 Å². The maximum atomic E-state index is 13.3. The number of benzene rings is 1. The highest BCUT2D eigenvalue weighted by molar-refractivity contribution is 7.89. The van der Waals surface area contributed by atoms with Crippen LogP contribution in [0, 0.1) is 5.82 Å². The Hall–Kier alpha value is -1.57. The first kappa shape index (κ1) is 15.3. The molecule has 2 aromatic rings. The first-order valence-corrected chi connectivity index (χ1v) is 8.59. The number of nitrogens with one attached hydrogen (secondary N) is 1. The van der Waals surface area contributed by atoms with Crippen molar-refractivity contribution < 1.29 is 12.8 Å². The van der Waals surface area contributed by atoms with Gasteiger partial charge in [0.15, 0.2) is 0 Å². The monoisotopic (exact) mass is 341 g/mol. The van der Waals surface area contributed by atoms with Crippen molar-refractivity contribution in [3.05, 3.63) is 52.3 Å². The molecular weight excluding hydrogens is 329 g/mol. The van der Waals surface area contributed by atoms with E-state index in [9.17, 15) is 12.8 Å². The molecule has 0 unspecified atom stereocenters. The highest BCUT2D eigenvalue weighted by Gasteiger charge is 2.18. The highest BCUT2D eigenvalue weighted by Crippen LogP contribution is 2.20. The third-order valence-corrected chi connectivity index (χ3v) is 5.03. The van der Waals surface area contributed by atoms with Gasteiger partial charge in [-0.15, -0.1) is 0 Å². The number of rotatable bonds is 4. The normalized spacial score (nSPS) is 14.1. The Labute approximate surface area is 132 Å². The van der Waals surface area contributed by atoms with E-state index in [1.807, 2.05) is 0 Å². The van der Waals surface area contributed by atoms with E-state index >= 15 is 0 Å². The average Bonchev–Trinajstić information content (AvgIpc) is 2.91. The number of nitrogens with zero attached hydrogens (tertiary/aromatic N) is 2. The van der Waals surface area contributed by atoms with Gasteiger partial charge in [0.25, 0.3) is 0 Å². The van der Waals surface area contributed by atoms with Crippen LogP contribution in [0.3, 0.4) is 0 Å². The minimum absolute atomic E-state index is 0.0224. The lowest BCUT2D eigenvalue weighted by molar-refractivity contribution is 0.575. The molecule has 0 radical (unpaired) electrons. The molecule has 0 bridgehead atoms. The topological polar surface area (TPSA) is 72.0 Å². The van der Waals surface area contributed by atoms with E-state index in [-0.39, 0.29) is 16.5 Å². The van der Waals surface area contributed by atoms with Crippen molar-refractivity contribution in [3.63, 3.8) is 0 Å². The van der Waals surface area contributed by atoms with E-state index in [0.29, 0.717) is 5.82 Å². The summed E-state index contributed by atoms with van der Waals surface area (Å²) in [4.78, 5) is 8.27. The van der Waals surface area contributed by atoms with Gasteiger partial charge in [0.1, 0.15) is 11.6 Å². The van der Waals surface area contributed by atoms with Crippen molar-refractivity contribution in [2.24, 2.45) is 0 Å². The summed E-state index contributed by atoms with van der Waals surface area (Å²) in [6, 6.07) is 3.15. The molecule has 0 amide bonds. The molecule has 1 N–H and O–H groups in total. The van der Waals surface area contributed by atoms with Gasteiger partial charge in [-0.05, 0) is 43.0 Å². The third kappa shape index (κ3) is 3.26. The Kier molecular flexibility index (Phi) is 4.12. The predicted octanol–water partition coefficient (Wildman–Crippen LogP) is 2.24. The summed E-state index contributed by atoms with van der Waals surface area (Å²) in [6.07, 6.45) is 4.62. The Morgan fingerprint density at radius 2 is 2.09 bits per heavy atom. The van der Waals surface area contributed by atoms with Crippen LogP contribution in [0.1, 0.15) is 23.5 Å². The number of fused-ring (bicyclic) bond motifs is 1. The molecule has 1 heterocycles. The second-order valence-corrected chi connectivity index (χ2v) is 7.24. The van der Waals surface area contributed by atoms with Gasteiger partial charge in [-0.2, -0.15) is 0 Å². The molecule has 0 saturated carbocycles. The summed E-state index contributed by atoms with van der Waals surface area (Å²) in [7, 11) is -3.87. The fourth-order valence-electron chi connectivity index (χ4n) is 2.37. The van der Waals surface area contributed by atoms with Gasteiger partial charge in [-0.1, -0.05) is 11.6 Å². The van der Waals surface area contributed by atoms with Crippen LogP contribution in [0.25, 0.3) is 0 Å². The van der Waals surface area contributed by atoms with Crippen molar-refractivity contribution in [3.8, 4) is 0 Å². The molecule has 0 fully saturated rings. The first-order valence-electron chi connectivity index (χ1n) is 6.73. The zero-order chi connectivity index (χ0) is 15.7. The molecule has 1 aliphatic carbocycles. The number of hydrogen-bond acceptors (Lipinski definition) is 4. The maximum Gasteiger partial charge on any atom is 0.241 e. The summed E-state index contributed by atoms with van der Waals surface area (Å²) in [5.74, 6) is -0.312. The fourth-order valence-corrected chi connectivity index (χ4v) is 3.69. The molecule has 5 nitrogen and oxygen atoms in total. The van der Waals surface area contributed by atoms with Gasteiger partial charge >= 0.3 is 0 Å². The van der Waals surface area contributed by atoms with Crippen LogP contribution < -0.4 is 4.72 Å². The largest absolute Gasteiger partial charge is 0.241 e. The van der Waals surface area contributed by atoms with Crippen LogP contribution in [0.15, 0.2) is 29.3 Å². The van der Waals surface area contributed by atoms with E-state index in [0.717, 1.165) is 42.7 Å². The van der Waals surface area contributed by atoms with E-state index in [1.165, 1.54) is 6.07 Å². The number of aryl methyl sites for hydroxylation is 2. The second kappa shape index (κ2) is 5.91. The molecule has 0 saturated heterocycles. The Bertz CT molecular complexity index is 807. The zero-order valence-electron chi connectivity index (χ0n) is 11.5. The maximum absolute atomic E-state index is 13.3. The van der Waals surface area contributed by atoms with Gasteiger partial charge < -0.3 is 0 Å². The smallest absolute Gasteiger partial charge is 0.240 e. The SMILES string of the molecule is O=S(=O)(NCc1ncc2c(n1)CCC2)c1cc(F)cc(Cl)c1. The number of aromatic nitrogens is 2. The van der Waals surface area contributed by atoms with Crippen LogP contribution in [-0.2, 0) is 29.4 Å². The molecule has 1 aliphatic rings. The van der Waals surface area contributed by atoms with Crippen molar-refractivity contribution in [1.82, 2.24) is 14.7 Å². The van der Waals surface area contributed by atoms with E-state index in [2.05, 4.69) is 14.7 Å². The Morgan fingerprint density at radius 3 is 2.86 bits per heavy atom. The Morgan fingerprint density at radius 1 is 1.27 bits per heavy atom. The van der Waals surface area contributed by atoms with Crippen LogP contribution in [0.5, 0.6) is 0 Å². The van der Waals surface area contributed by atoms with Crippen LogP contribution in [0.4, 0.5) is 4.39 Å². The molecule has 3 rings (SSSR count).